The Kier molecular flexibility index (Phi) is 10.9. The lowest BCUT2D eigenvalue weighted by Crippen LogP contribution is -2.45. The molecule has 0 aliphatic carbocycles. The third-order valence-electron chi connectivity index (χ3n) is 6.02. The maximum absolute atomic E-state index is 13.4. The van der Waals surface area contributed by atoms with Crippen LogP contribution in [0.3, 0.4) is 0 Å². The topological polar surface area (TPSA) is 184 Å². The number of aliphatic imine (C=N–C) groups is 1. The Morgan fingerprint density at radius 2 is 1.28 bits per heavy atom. The molecule has 3 rings (SSSR count). The largest absolute Gasteiger partial charge is 0.451 e. The molecule has 1 aromatic carbocycles. The zero-order valence-corrected chi connectivity index (χ0v) is 25.8. The fourth-order valence-electron chi connectivity index (χ4n) is 3.83. The Bertz CT molecular complexity index is 1480. The number of amides is 2. The van der Waals surface area contributed by atoms with E-state index < -0.39 is 54.2 Å². The number of fused-ring (bicyclic) bond motifs is 1. The van der Waals surface area contributed by atoms with Gasteiger partial charge in [0.2, 0.25) is 11.9 Å². The molecule has 43 heavy (non-hydrogen) atoms. The van der Waals surface area contributed by atoms with Crippen molar-refractivity contribution in [2.24, 2.45) is 4.99 Å². The third kappa shape index (κ3) is 8.09. The Balaban J connectivity index is 1.68. The van der Waals surface area contributed by atoms with Crippen LogP contribution >= 0.6 is 15.9 Å². The molecular formula is C27H30BrN5O10. The molecular weight excluding hydrogens is 634 g/mol. The number of esters is 4. The highest BCUT2D eigenvalue weighted by Crippen LogP contribution is 2.32. The van der Waals surface area contributed by atoms with Crippen LogP contribution in [0.1, 0.15) is 41.5 Å². The summed E-state index contributed by atoms with van der Waals surface area (Å²) in [4.78, 5) is 89.2. The van der Waals surface area contributed by atoms with Crippen LogP contribution in [-0.4, -0.2) is 98.9 Å². The van der Waals surface area contributed by atoms with Crippen molar-refractivity contribution in [2.75, 3.05) is 13.1 Å². The van der Waals surface area contributed by atoms with E-state index in [1.165, 1.54) is 50.6 Å². The Morgan fingerprint density at radius 3 is 1.84 bits per heavy atom. The zero-order chi connectivity index (χ0) is 32.0. The van der Waals surface area contributed by atoms with Crippen LogP contribution in [-0.2, 0) is 47.7 Å². The number of carbonyl (C=O) groups is 6. The quantitative estimate of drug-likeness (QED) is 0.280. The van der Waals surface area contributed by atoms with Crippen LogP contribution in [0.25, 0.3) is 11.0 Å². The van der Waals surface area contributed by atoms with E-state index in [-0.39, 0.29) is 25.0 Å². The standard InChI is InChI=1S/C27H30BrN5O10/c1-13(41-25(38)15(3)43-26(39)16(4)42-24(37)14(2)40-18(6)35)23(36)33-12-11-32(17(5)34)27(33)31-19-7-8-20-22(21(19)28)30-10-9-29-20/h7-10,13-16H,11-12H2,1-6H3/b31-27+/t13-,14-,15-,16-/m0/s1. The second-order valence-electron chi connectivity index (χ2n) is 9.38. The van der Waals surface area contributed by atoms with Crippen molar-refractivity contribution in [2.45, 2.75) is 66.0 Å². The lowest BCUT2D eigenvalue weighted by Gasteiger charge is -2.24. The van der Waals surface area contributed by atoms with Crippen LogP contribution in [0.2, 0.25) is 0 Å². The molecule has 15 nitrogen and oxygen atoms in total. The highest BCUT2D eigenvalue weighted by Gasteiger charge is 2.38. The molecule has 0 radical (unpaired) electrons. The maximum atomic E-state index is 13.4. The van der Waals surface area contributed by atoms with Crippen molar-refractivity contribution < 1.29 is 47.7 Å². The summed E-state index contributed by atoms with van der Waals surface area (Å²) in [5.41, 5.74) is 1.53. The number of ether oxygens (including phenoxy) is 4. The minimum atomic E-state index is -1.47. The van der Waals surface area contributed by atoms with Gasteiger partial charge in [-0.3, -0.25) is 34.2 Å². The van der Waals surface area contributed by atoms with E-state index in [1.807, 2.05) is 0 Å². The first-order valence-corrected chi connectivity index (χ1v) is 13.9. The molecule has 230 valence electrons. The molecule has 4 atom stereocenters. The average molecular weight is 664 g/mol. The van der Waals surface area contributed by atoms with Gasteiger partial charge in [-0.25, -0.2) is 19.4 Å². The predicted molar refractivity (Wildman–Crippen MR) is 151 cm³/mol. The predicted octanol–water partition coefficient (Wildman–Crippen LogP) is 1.82. The van der Waals surface area contributed by atoms with Crippen LogP contribution in [0.5, 0.6) is 0 Å². The first-order valence-electron chi connectivity index (χ1n) is 13.1. The number of aromatic nitrogens is 2. The molecule has 2 aromatic rings. The monoisotopic (exact) mass is 663 g/mol. The minimum absolute atomic E-state index is 0.0300. The van der Waals surface area contributed by atoms with Gasteiger partial charge in [0, 0.05) is 39.3 Å². The van der Waals surface area contributed by atoms with Gasteiger partial charge in [0.1, 0.15) is 5.52 Å². The fraction of sp³-hybridized carbons (Fsp3) is 0.444. The number of rotatable bonds is 9. The van der Waals surface area contributed by atoms with Gasteiger partial charge in [0.05, 0.1) is 15.7 Å². The molecule has 16 heteroatoms. The normalized spacial score (nSPS) is 16.7. The summed E-state index contributed by atoms with van der Waals surface area (Å²) in [5.74, 6) is -4.80. The third-order valence-corrected chi connectivity index (χ3v) is 6.80. The summed E-state index contributed by atoms with van der Waals surface area (Å²) >= 11 is 3.47. The van der Waals surface area contributed by atoms with Crippen LogP contribution < -0.4 is 0 Å². The van der Waals surface area contributed by atoms with Crippen molar-refractivity contribution in [3.8, 4) is 0 Å². The van der Waals surface area contributed by atoms with E-state index in [0.717, 1.165) is 6.92 Å². The number of guanidine groups is 1. The number of benzene rings is 1. The number of hydrogen-bond donors (Lipinski definition) is 0. The fourth-order valence-corrected chi connectivity index (χ4v) is 4.36. The van der Waals surface area contributed by atoms with Gasteiger partial charge in [0.15, 0.2) is 24.4 Å². The van der Waals surface area contributed by atoms with E-state index in [2.05, 4.69) is 30.9 Å². The van der Waals surface area contributed by atoms with Gasteiger partial charge in [0.25, 0.3) is 5.91 Å². The lowest BCUT2D eigenvalue weighted by atomic mass is 10.2. The molecule has 1 aliphatic rings. The van der Waals surface area contributed by atoms with Gasteiger partial charge in [-0.05, 0) is 55.8 Å². The first kappa shape index (κ1) is 33.0. The summed E-state index contributed by atoms with van der Waals surface area (Å²) in [7, 11) is 0. The molecule has 0 saturated carbocycles. The first-order chi connectivity index (χ1) is 20.2. The minimum Gasteiger partial charge on any atom is -0.451 e. The molecule has 0 N–H and O–H groups in total. The smallest absolute Gasteiger partial charge is 0.347 e. The summed E-state index contributed by atoms with van der Waals surface area (Å²) in [6, 6.07) is 3.35. The van der Waals surface area contributed by atoms with Gasteiger partial charge in [-0.15, -0.1) is 0 Å². The van der Waals surface area contributed by atoms with Gasteiger partial charge >= 0.3 is 23.9 Å². The molecule has 0 unspecified atom stereocenters. The summed E-state index contributed by atoms with van der Waals surface area (Å²) in [5, 5.41) is 0. The van der Waals surface area contributed by atoms with E-state index in [4.69, 9.17) is 18.9 Å². The van der Waals surface area contributed by atoms with Gasteiger partial charge in [-0.1, -0.05) is 0 Å². The molecule has 1 aliphatic heterocycles. The highest BCUT2D eigenvalue weighted by molar-refractivity contribution is 9.10. The molecule has 1 aromatic heterocycles. The van der Waals surface area contributed by atoms with E-state index in [0.29, 0.717) is 21.2 Å². The van der Waals surface area contributed by atoms with Crippen LogP contribution in [0.15, 0.2) is 34.0 Å². The average Bonchev–Trinajstić information content (AvgIpc) is 3.37. The summed E-state index contributed by atoms with van der Waals surface area (Å²) in [6.07, 6.45) is -2.44. The van der Waals surface area contributed by atoms with E-state index >= 15 is 0 Å². The maximum Gasteiger partial charge on any atom is 0.347 e. The van der Waals surface area contributed by atoms with Crippen molar-refractivity contribution in [3.05, 3.63) is 29.0 Å². The second kappa shape index (κ2) is 14.1. The van der Waals surface area contributed by atoms with E-state index in [9.17, 15) is 28.8 Å². The number of carbonyl (C=O) groups excluding carboxylic acids is 6. The molecule has 0 bridgehead atoms. The summed E-state index contributed by atoms with van der Waals surface area (Å²) < 4.78 is 20.4. The molecule has 2 amide bonds. The lowest BCUT2D eigenvalue weighted by molar-refractivity contribution is -0.183. The van der Waals surface area contributed by atoms with Gasteiger partial charge in [-0.2, -0.15) is 0 Å². The highest BCUT2D eigenvalue weighted by atomic mass is 79.9. The van der Waals surface area contributed by atoms with Crippen LogP contribution in [0.4, 0.5) is 5.69 Å². The Hall–Kier alpha value is -4.47. The van der Waals surface area contributed by atoms with Crippen molar-refractivity contribution in [1.82, 2.24) is 19.8 Å². The Labute approximate surface area is 254 Å². The number of nitrogens with zero attached hydrogens (tertiary/aromatic N) is 5. The van der Waals surface area contributed by atoms with Crippen molar-refractivity contribution in [1.29, 1.82) is 0 Å². The Morgan fingerprint density at radius 1 is 0.767 bits per heavy atom. The number of hydrogen-bond acceptors (Lipinski definition) is 13. The molecule has 1 saturated heterocycles. The van der Waals surface area contributed by atoms with Crippen LogP contribution in [0, 0.1) is 0 Å². The molecule has 0 spiro atoms. The SMILES string of the molecule is CC(=O)O[C@@H](C)C(=O)O[C@@H](C)C(=O)O[C@@H](C)C(=O)O[C@@H](C)C(=O)N1CCN(C(C)=O)/C1=N\c1ccc2nccnc2c1Br. The summed E-state index contributed by atoms with van der Waals surface area (Å²) in [6.45, 7) is 7.70. The second-order valence-corrected chi connectivity index (χ2v) is 10.2. The van der Waals surface area contributed by atoms with Crippen molar-refractivity contribution in [3.63, 3.8) is 0 Å². The van der Waals surface area contributed by atoms with Gasteiger partial charge < -0.3 is 18.9 Å². The molecule has 2 heterocycles. The zero-order valence-electron chi connectivity index (χ0n) is 24.2. The van der Waals surface area contributed by atoms with E-state index in [1.54, 1.807) is 18.3 Å². The molecule has 1 fully saturated rings. The number of halogens is 1. The van der Waals surface area contributed by atoms with Crippen molar-refractivity contribution >= 4 is 74.3 Å².